The number of hydrogen-bond acceptors (Lipinski definition) is 1. The van der Waals surface area contributed by atoms with Crippen molar-refractivity contribution in [3.05, 3.63) is 23.8 Å². The number of benzene rings is 1. The monoisotopic (exact) mass is 326 g/mol. The van der Waals surface area contributed by atoms with Gasteiger partial charge in [0.05, 0.1) is 15.4 Å². The quantitative estimate of drug-likeness (QED) is 0.517. The molecule has 1 saturated heterocycles. The molecule has 1 nitrogen and oxygen atoms in total. The highest BCUT2D eigenvalue weighted by Gasteiger charge is 2.27. The summed E-state index contributed by atoms with van der Waals surface area (Å²) >= 11 is 0. The third-order valence-electron chi connectivity index (χ3n) is 4.88. The Morgan fingerprint density at radius 1 is 1.09 bits per heavy atom. The van der Waals surface area contributed by atoms with Crippen LogP contribution in [0.25, 0.3) is 0 Å². The summed E-state index contributed by atoms with van der Waals surface area (Å²) < 4.78 is 33.4. The Hall–Kier alpha value is -0.903. The summed E-state index contributed by atoms with van der Waals surface area (Å²) in [5, 5.41) is 0.674. The van der Waals surface area contributed by atoms with Crippen molar-refractivity contribution in [1.82, 2.24) is 0 Å². The minimum Gasteiger partial charge on any atom is -0.491 e. The van der Waals surface area contributed by atoms with Crippen LogP contribution in [0.3, 0.4) is 0 Å². The molecule has 1 heterocycles. The summed E-state index contributed by atoms with van der Waals surface area (Å²) in [7, 11) is -1.34. The molecule has 1 aliphatic heterocycles. The molecule has 0 amide bonds. The number of ether oxygens (including phenoxy) is 1. The fourth-order valence-electron chi connectivity index (χ4n) is 3.57. The van der Waals surface area contributed by atoms with Crippen LogP contribution in [-0.2, 0) is 0 Å². The maximum Gasteiger partial charge on any atom is 0.200 e. The van der Waals surface area contributed by atoms with Crippen LogP contribution in [0.1, 0.15) is 52.4 Å². The second-order valence-electron chi connectivity index (χ2n) is 6.43. The Morgan fingerprint density at radius 2 is 1.82 bits per heavy atom. The molecule has 124 valence electrons. The molecule has 0 radical (unpaired) electrons. The van der Waals surface area contributed by atoms with Crippen molar-refractivity contribution in [1.29, 1.82) is 0 Å². The van der Waals surface area contributed by atoms with E-state index >= 15 is 0 Å². The number of rotatable bonds is 7. The van der Waals surface area contributed by atoms with E-state index in [1.54, 1.807) is 19.1 Å². The molecule has 4 heteroatoms. The predicted molar refractivity (Wildman–Crippen MR) is 90.8 cm³/mol. The summed E-state index contributed by atoms with van der Waals surface area (Å²) in [5.41, 5.74) is 0. The molecule has 1 aliphatic rings. The van der Waals surface area contributed by atoms with Gasteiger partial charge in [0.2, 0.25) is 0 Å². The zero-order valence-corrected chi connectivity index (χ0v) is 15.0. The average molecular weight is 327 g/mol. The van der Waals surface area contributed by atoms with Gasteiger partial charge in [0, 0.05) is 0 Å². The molecule has 0 N–H and O–H groups in total. The Balaban J connectivity index is 1.95. The molecule has 0 atom stereocenters. The molecule has 0 aliphatic carbocycles. The van der Waals surface area contributed by atoms with Gasteiger partial charge in [-0.15, -0.1) is 0 Å². The molecule has 0 spiro atoms. The van der Waals surface area contributed by atoms with Crippen molar-refractivity contribution in [3.8, 4) is 5.75 Å². The van der Waals surface area contributed by atoms with Gasteiger partial charge < -0.3 is 4.74 Å². The summed E-state index contributed by atoms with van der Waals surface area (Å²) in [5.74, 6) is -0.583. The fourth-order valence-corrected chi connectivity index (χ4v) is 7.09. The largest absolute Gasteiger partial charge is 0.491 e. The van der Waals surface area contributed by atoms with E-state index in [0.717, 1.165) is 18.0 Å². The van der Waals surface area contributed by atoms with E-state index in [1.807, 2.05) is 0 Å². The zero-order valence-electron chi connectivity index (χ0n) is 13.8. The van der Waals surface area contributed by atoms with Crippen molar-refractivity contribution in [2.45, 2.75) is 64.5 Å². The normalized spacial score (nSPS) is 21.8. The number of unbranched alkanes of at least 4 members (excludes halogenated alkanes) is 2. The number of hydrogen-bond donors (Lipinski definition) is 0. The molecule has 0 aromatic heterocycles. The van der Waals surface area contributed by atoms with E-state index in [0.29, 0.717) is 11.8 Å². The SMILES string of the molecule is CCCCC[C@H]1CC[Si@H](c2ccc(OCC)c(F)c2F)CC1. The summed E-state index contributed by atoms with van der Waals surface area (Å²) in [6.45, 7) is 4.36. The predicted octanol–water partition coefficient (Wildman–Crippen LogP) is 4.79. The summed E-state index contributed by atoms with van der Waals surface area (Å²) in [4.78, 5) is 0. The Labute approximate surface area is 134 Å². The highest BCUT2D eigenvalue weighted by Crippen LogP contribution is 2.30. The lowest BCUT2D eigenvalue weighted by Crippen LogP contribution is -2.36. The molecule has 1 aromatic carbocycles. The zero-order chi connectivity index (χ0) is 15.9. The van der Waals surface area contributed by atoms with E-state index in [9.17, 15) is 8.78 Å². The van der Waals surface area contributed by atoms with Crippen LogP contribution in [0, 0.1) is 17.6 Å². The van der Waals surface area contributed by atoms with E-state index in [-0.39, 0.29) is 5.75 Å². The van der Waals surface area contributed by atoms with Gasteiger partial charge in [0.1, 0.15) is 0 Å². The molecule has 2 rings (SSSR count). The highest BCUT2D eigenvalue weighted by atomic mass is 28.3. The van der Waals surface area contributed by atoms with E-state index in [2.05, 4.69) is 6.92 Å². The second kappa shape index (κ2) is 8.66. The number of halogens is 2. The van der Waals surface area contributed by atoms with Crippen LogP contribution in [-0.4, -0.2) is 15.4 Å². The van der Waals surface area contributed by atoms with Crippen LogP contribution >= 0.6 is 0 Å². The smallest absolute Gasteiger partial charge is 0.200 e. The maximum atomic E-state index is 14.3. The third-order valence-corrected chi connectivity index (χ3v) is 8.27. The maximum absolute atomic E-state index is 14.3. The van der Waals surface area contributed by atoms with E-state index in [4.69, 9.17) is 4.74 Å². The fraction of sp³-hybridized carbons (Fsp3) is 0.667. The van der Waals surface area contributed by atoms with E-state index < -0.39 is 20.4 Å². The highest BCUT2D eigenvalue weighted by molar-refractivity contribution is 6.73. The van der Waals surface area contributed by atoms with Gasteiger partial charge >= 0.3 is 0 Å². The topological polar surface area (TPSA) is 9.23 Å². The first-order valence-electron chi connectivity index (χ1n) is 8.78. The van der Waals surface area contributed by atoms with Crippen molar-refractivity contribution in [2.24, 2.45) is 5.92 Å². The minimum absolute atomic E-state index is 0.0472. The lowest BCUT2D eigenvalue weighted by atomic mass is 9.96. The van der Waals surface area contributed by atoms with Crippen LogP contribution < -0.4 is 9.92 Å². The van der Waals surface area contributed by atoms with Gasteiger partial charge in [-0.1, -0.05) is 63.6 Å². The summed E-state index contributed by atoms with van der Waals surface area (Å²) in [6, 6.07) is 5.61. The molecular formula is C18H28F2OSi. The average Bonchev–Trinajstić information content (AvgIpc) is 2.53. The molecule has 0 saturated carbocycles. The molecule has 1 aromatic rings. The van der Waals surface area contributed by atoms with Gasteiger partial charge in [0.15, 0.2) is 17.4 Å². The lowest BCUT2D eigenvalue weighted by Gasteiger charge is -2.28. The van der Waals surface area contributed by atoms with Gasteiger partial charge in [-0.05, 0) is 24.1 Å². The van der Waals surface area contributed by atoms with Gasteiger partial charge in [-0.25, -0.2) is 4.39 Å². The molecule has 22 heavy (non-hydrogen) atoms. The standard InChI is InChI=1S/C18H28F2OSi/c1-3-5-6-7-14-10-12-22(13-11-14)16-9-8-15(21-4-2)17(19)18(16)20/h8-9,14,22H,3-7,10-13H2,1-2H3/t14-,22-. The van der Waals surface area contributed by atoms with Crippen molar-refractivity contribution < 1.29 is 13.5 Å². The first-order valence-corrected chi connectivity index (χ1v) is 11.0. The van der Waals surface area contributed by atoms with Crippen LogP contribution in [0.15, 0.2) is 12.1 Å². The Kier molecular flexibility index (Phi) is 6.87. The van der Waals surface area contributed by atoms with Gasteiger partial charge in [-0.2, -0.15) is 4.39 Å². The molecule has 1 fully saturated rings. The minimum atomic E-state index is -1.34. The first kappa shape index (κ1) is 17.5. The first-order chi connectivity index (χ1) is 10.7. The third kappa shape index (κ3) is 4.31. The van der Waals surface area contributed by atoms with E-state index in [1.165, 1.54) is 38.5 Å². The Morgan fingerprint density at radius 3 is 2.45 bits per heavy atom. The van der Waals surface area contributed by atoms with Crippen LogP contribution in [0.2, 0.25) is 12.1 Å². The summed E-state index contributed by atoms with van der Waals surface area (Å²) in [6.07, 6.45) is 7.62. The lowest BCUT2D eigenvalue weighted by molar-refractivity contribution is 0.314. The molecular weight excluding hydrogens is 298 g/mol. The van der Waals surface area contributed by atoms with Crippen molar-refractivity contribution in [2.75, 3.05) is 6.61 Å². The van der Waals surface area contributed by atoms with Crippen LogP contribution in [0.5, 0.6) is 5.75 Å². The van der Waals surface area contributed by atoms with Crippen molar-refractivity contribution >= 4 is 14.0 Å². The van der Waals surface area contributed by atoms with Crippen molar-refractivity contribution in [3.63, 3.8) is 0 Å². The van der Waals surface area contributed by atoms with Gasteiger partial charge in [-0.3, -0.25) is 0 Å². The Bertz CT molecular complexity index is 470. The van der Waals surface area contributed by atoms with Gasteiger partial charge in [0.25, 0.3) is 0 Å². The molecule has 0 bridgehead atoms. The van der Waals surface area contributed by atoms with Crippen LogP contribution in [0.4, 0.5) is 8.78 Å². The second-order valence-corrected chi connectivity index (χ2v) is 9.60. The molecule has 0 unspecified atom stereocenters.